The van der Waals surface area contributed by atoms with Crippen molar-refractivity contribution in [1.82, 2.24) is 19.1 Å². The summed E-state index contributed by atoms with van der Waals surface area (Å²) in [5.74, 6) is -0.423. The molecule has 3 aromatic heterocycles. The molecule has 3 heterocycles. The Labute approximate surface area is 179 Å². The van der Waals surface area contributed by atoms with Crippen LogP contribution in [0.15, 0.2) is 57.6 Å². The van der Waals surface area contributed by atoms with Crippen LogP contribution in [0.25, 0.3) is 11.0 Å². The van der Waals surface area contributed by atoms with Gasteiger partial charge < -0.3 is 5.32 Å². The number of rotatable bonds is 5. The van der Waals surface area contributed by atoms with Gasteiger partial charge in [-0.05, 0) is 36.8 Å². The standard InChI is InChI=1S/C20H16ClN5O3S/c1-12-11-30-19(23-12)24-16(27)10-25-15-3-2-8-22-17(15)18(28)26(20(25)29)9-13-4-6-14(21)7-5-13/h2-8,11H,9-10H2,1H3,(H,23,24,27). The van der Waals surface area contributed by atoms with Crippen molar-refractivity contribution in [2.75, 3.05) is 5.32 Å². The second kappa shape index (κ2) is 8.21. The molecule has 1 N–H and O–H groups in total. The van der Waals surface area contributed by atoms with Crippen molar-refractivity contribution < 1.29 is 4.79 Å². The summed E-state index contributed by atoms with van der Waals surface area (Å²) in [7, 11) is 0. The summed E-state index contributed by atoms with van der Waals surface area (Å²) < 4.78 is 2.31. The third kappa shape index (κ3) is 4.03. The Morgan fingerprint density at radius 3 is 2.63 bits per heavy atom. The number of fused-ring (bicyclic) bond motifs is 1. The van der Waals surface area contributed by atoms with E-state index in [0.29, 0.717) is 15.7 Å². The highest BCUT2D eigenvalue weighted by atomic mass is 35.5. The number of thiazole rings is 1. The first-order valence-electron chi connectivity index (χ1n) is 8.97. The van der Waals surface area contributed by atoms with Crippen LogP contribution in [-0.2, 0) is 17.9 Å². The van der Waals surface area contributed by atoms with E-state index in [-0.39, 0.29) is 18.6 Å². The van der Waals surface area contributed by atoms with Gasteiger partial charge in [0.15, 0.2) is 10.6 Å². The van der Waals surface area contributed by atoms with Gasteiger partial charge in [0.1, 0.15) is 6.54 Å². The second-order valence-corrected chi connectivity index (χ2v) is 7.89. The molecule has 8 nitrogen and oxygen atoms in total. The van der Waals surface area contributed by atoms with Crippen LogP contribution in [0.5, 0.6) is 0 Å². The lowest BCUT2D eigenvalue weighted by Gasteiger charge is -2.13. The van der Waals surface area contributed by atoms with Gasteiger partial charge in [0.25, 0.3) is 5.56 Å². The maximum atomic E-state index is 13.1. The van der Waals surface area contributed by atoms with Crippen molar-refractivity contribution >= 4 is 45.0 Å². The zero-order chi connectivity index (χ0) is 21.3. The monoisotopic (exact) mass is 441 g/mol. The van der Waals surface area contributed by atoms with Gasteiger partial charge in [0.05, 0.1) is 17.8 Å². The van der Waals surface area contributed by atoms with Crippen molar-refractivity contribution in [1.29, 1.82) is 0 Å². The molecule has 0 bridgehead atoms. The lowest BCUT2D eigenvalue weighted by Crippen LogP contribution is -2.42. The van der Waals surface area contributed by atoms with Crippen LogP contribution in [0.3, 0.4) is 0 Å². The fourth-order valence-electron chi connectivity index (χ4n) is 3.02. The SMILES string of the molecule is Cc1csc(NC(=O)Cn2c(=O)n(Cc3ccc(Cl)cc3)c(=O)c3ncccc32)n1. The van der Waals surface area contributed by atoms with E-state index >= 15 is 0 Å². The summed E-state index contributed by atoms with van der Waals surface area (Å²) in [5, 5.41) is 5.49. The van der Waals surface area contributed by atoms with Gasteiger partial charge in [0.2, 0.25) is 5.91 Å². The molecule has 0 aliphatic rings. The minimum atomic E-state index is -0.596. The molecule has 0 fully saturated rings. The summed E-state index contributed by atoms with van der Waals surface area (Å²) in [6.45, 7) is 1.58. The van der Waals surface area contributed by atoms with Crippen LogP contribution in [-0.4, -0.2) is 25.0 Å². The first kappa shape index (κ1) is 20.0. The molecule has 1 aromatic carbocycles. The molecule has 0 aliphatic heterocycles. The second-order valence-electron chi connectivity index (χ2n) is 6.60. The molecule has 4 rings (SSSR count). The van der Waals surface area contributed by atoms with E-state index in [1.165, 1.54) is 22.1 Å². The van der Waals surface area contributed by atoms with E-state index in [1.54, 1.807) is 36.4 Å². The average Bonchev–Trinajstić information content (AvgIpc) is 3.14. The number of aryl methyl sites for hydroxylation is 1. The van der Waals surface area contributed by atoms with Crippen LogP contribution in [0, 0.1) is 6.92 Å². The topological polar surface area (TPSA) is 98.9 Å². The minimum absolute atomic E-state index is 0.0364. The Balaban J connectivity index is 1.76. The molecular weight excluding hydrogens is 426 g/mol. The van der Waals surface area contributed by atoms with Crippen molar-refractivity contribution in [2.24, 2.45) is 0 Å². The van der Waals surface area contributed by atoms with E-state index in [1.807, 2.05) is 12.3 Å². The van der Waals surface area contributed by atoms with E-state index in [2.05, 4.69) is 15.3 Å². The number of aromatic nitrogens is 4. The van der Waals surface area contributed by atoms with Crippen molar-refractivity contribution in [2.45, 2.75) is 20.0 Å². The number of pyridine rings is 1. The summed E-state index contributed by atoms with van der Waals surface area (Å²) in [6, 6.07) is 10.0. The molecule has 152 valence electrons. The molecule has 0 atom stereocenters. The van der Waals surface area contributed by atoms with Gasteiger partial charge in [0, 0.05) is 16.6 Å². The normalized spacial score (nSPS) is 11.0. The molecule has 0 aliphatic carbocycles. The predicted molar refractivity (Wildman–Crippen MR) is 116 cm³/mol. The number of carbonyl (C=O) groups excluding carboxylic acids is 1. The van der Waals surface area contributed by atoms with E-state index in [9.17, 15) is 14.4 Å². The van der Waals surface area contributed by atoms with Crippen LogP contribution in [0.4, 0.5) is 5.13 Å². The number of anilines is 1. The Morgan fingerprint density at radius 1 is 1.17 bits per heavy atom. The van der Waals surface area contributed by atoms with Crippen LogP contribution >= 0.6 is 22.9 Å². The van der Waals surface area contributed by atoms with E-state index in [4.69, 9.17) is 11.6 Å². The van der Waals surface area contributed by atoms with Gasteiger partial charge in [-0.25, -0.2) is 14.8 Å². The number of benzene rings is 1. The number of hydrogen-bond acceptors (Lipinski definition) is 6. The van der Waals surface area contributed by atoms with Gasteiger partial charge in [-0.3, -0.25) is 18.7 Å². The fourth-order valence-corrected chi connectivity index (χ4v) is 3.85. The molecule has 0 spiro atoms. The van der Waals surface area contributed by atoms with Crippen LogP contribution < -0.4 is 16.6 Å². The number of nitrogens with one attached hydrogen (secondary N) is 1. The summed E-state index contributed by atoms with van der Waals surface area (Å²) in [4.78, 5) is 46.9. The predicted octanol–water partition coefficient (Wildman–Crippen LogP) is 2.66. The highest BCUT2D eigenvalue weighted by molar-refractivity contribution is 7.13. The number of amides is 1. The Bertz CT molecular complexity index is 1360. The zero-order valence-corrected chi connectivity index (χ0v) is 17.4. The van der Waals surface area contributed by atoms with Gasteiger partial charge in [-0.15, -0.1) is 11.3 Å². The molecule has 0 saturated heterocycles. The summed E-state index contributed by atoms with van der Waals surface area (Å²) in [6.07, 6.45) is 1.48. The zero-order valence-electron chi connectivity index (χ0n) is 15.8. The smallest absolute Gasteiger partial charge is 0.300 e. The highest BCUT2D eigenvalue weighted by Gasteiger charge is 2.17. The van der Waals surface area contributed by atoms with Gasteiger partial charge >= 0.3 is 5.69 Å². The van der Waals surface area contributed by atoms with Crippen LogP contribution in [0.1, 0.15) is 11.3 Å². The van der Waals surface area contributed by atoms with E-state index < -0.39 is 17.2 Å². The molecule has 0 radical (unpaired) electrons. The lowest BCUT2D eigenvalue weighted by atomic mass is 10.2. The number of carbonyl (C=O) groups is 1. The minimum Gasteiger partial charge on any atom is -0.300 e. The number of hydrogen-bond donors (Lipinski definition) is 1. The van der Waals surface area contributed by atoms with Crippen molar-refractivity contribution in [3.8, 4) is 0 Å². The summed E-state index contributed by atoms with van der Waals surface area (Å²) >= 11 is 7.21. The summed E-state index contributed by atoms with van der Waals surface area (Å²) in [5.41, 5.74) is 0.815. The molecule has 0 saturated carbocycles. The van der Waals surface area contributed by atoms with Gasteiger partial charge in [-0.2, -0.15) is 0 Å². The van der Waals surface area contributed by atoms with Crippen molar-refractivity contribution in [3.05, 3.63) is 85.1 Å². The average molecular weight is 442 g/mol. The lowest BCUT2D eigenvalue weighted by molar-refractivity contribution is -0.116. The van der Waals surface area contributed by atoms with Crippen LogP contribution in [0.2, 0.25) is 5.02 Å². The quantitative estimate of drug-likeness (QED) is 0.513. The maximum absolute atomic E-state index is 13.1. The highest BCUT2D eigenvalue weighted by Crippen LogP contribution is 2.15. The number of nitrogens with zero attached hydrogens (tertiary/aromatic N) is 4. The Kier molecular flexibility index (Phi) is 5.47. The Hall–Kier alpha value is -3.30. The largest absolute Gasteiger partial charge is 0.332 e. The fraction of sp³-hybridized carbons (Fsp3) is 0.150. The number of halogens is 1. The molecule has 0 unspecified atom stereocenters. The molecular formula is C20H16ClN5O3S. The molecule has 30 heavy (non-hydrogen) atoms. The Morgan fingerprint density at radius 2 is 1.93 bits per heavy atom. The molecule has 4 aromatic rings. The third-order valence-corrected chi connectivity index (χ3v) is 5.54. The third-order valence-electron chi connectivity index (χ3n) is 4.41. The molecule has 1 amide bonds. The first-order valence-corrected chi connectivity index (χ1v) is 10.2. The maximum Gasteiger partial charge on any atom is 0.332 e. The first-order chi connectivity index (χ1) is 14.4. The van der Waals surface area contributed by atoms with E-state index in [0.717, 1.165) is 15.8 Å². The van der Waals surface area contributed by atoms with Crippen molar-refractivity contribution in [3.63, 3.8) is 0 Å². The molecule has 10 heteroatoms. The van der Waals surface area contributed by atoms with Gasteiger partial charge in [-0.1, -0.05) is 23.7 Å².